The van der Waals surface area contributed by atoms with Crippen LogP contribution in [0.3, 0.4) is 0 Å². The smallest absolute Gasteiger partial charge is 0.264 e. The number of nitrogens with one attached hydrogen (secondary N) is 1. The van der Waals surface area contributed by atoms with E-state index in [0.29, 0.717) is 12.1 Å². The zero-order valence-electron chi connectivity index (χ0n) is 23.4. The summed E-state index contributed by atoms with van der Waals surface area (Å²) in [6, 6.07) is 22.1. The quantitative estimate of drug-likeness (QED) is 0.336. The van der Waals surface area contributed by atoms with Crippen molar-refractivity contribution < 1.29 is 18.0 Å². The SMILES string of the molecule is CC[C@H](C(=O)N[C@@H](C)CC)N(Cc1ccc(C)cc1)C(=O)CN(c1cccc(C)c1)S(=O)(=O)c1ccccc1. The molecular formula is C31H39N3O4S. The van der Waals surface area contributed by atoms with Crippen LogP contribution < -0.4 is 9.62 Å². The number of hydrogen-bond donors (Lipinski definition) is 1. The molecule has 208 valence electrons. The van der Waals surface area contributed by atoms with Crippen molar-refractivity contribution in [2.75, 3.05) is 10.8 Å². The van der Waals surface area contributed by atoms with E-state index in [1.165, 1.54) is 17.0 Å². The predicted octanol–water partition coefficient (Wildman–Crippen LogP) is 5.22. The van der Waals surface area contributed by atoms with Crippen molar-refractivity contribution in [3.8, 4) is 0 Å². The molecule has 0 heterocycles. The van der Waals surface area contributed by atoms with Crippen LogP contribution >= 0.6 is 0 Å². The van der Waals surface area contributed by atoms with Gasteiger partial charge in [-0.15, -0.1) is 0 Å². The van der Waals surface area contributed by atoms with Crippen LogP contribution in [-0.4, -0.2) is 43.8 Å². The third kappa shape index (κ3) is 7.69. The molecule has 0 aliphatic rings. The number of nitrogens with zero attached hydrogens (tertiary/aromatic N) is 2. The average molecular weight is 550 g/mol. The van der Waals surface area contributed by atoms with E-state index in [0.717, 1.165) is 27.4 Å². The van der Waals surface area contributed by atoms with Crippen molar-refractivity contribution in [1.82, 2.24) is 10.2 Å². The second kappa shape index (κ2) is 13.4. The van der Waals surface area contributed by atoms with Gasteiger partial charge < -0.3 is 10.2 Å². The van der Waals surface area contributed by atoms with Crippen molar-refractivity contribution in [3.63, 3.8) is 0 Å². The first-order chi connectivity index (χ1) is 18.6. The van der Waals surface area contributed by atoms with Gasteiger partial charge in [0.05, 0.1) is 10.6 Å². The van der Waals surface area contributed by atoms with Gasteiger partial charge in [-0.3, -0.25) is 13.9 Å². The molecule has 0 unspecified atom stereocenters. The summed E-state index contributed by atoms with van der Waals surface area (Å²) in [6.45, 7) is 9.34. The second-order valence-electron chi connectivity index (χ2n) is 9.91. The van der Waals surface area contributed by atoms with E-state index < -0.39 is 28.5 Å². The minimum absolute atomic E-state index is 0.0508. The molecule has 0 saturated heterocycles. The van der Waals surface area contributed by atoms with E-state index in [4.69, 9.17) is 0 Å². The Morgan fingerprint density at radius 2 is 1.51 bits per heavy atom. The number of carbonyl (C=O) groups excluding carboxylic acids is 2. The van der Waals surface area contributed by atoms with Crippen molar-refractivity contribution in [2.24, 2.45) is 0 Å². The van der Waals surface area contributed by atoms with Crippen molar-refractivity contribution in [1.29, 1.82) is 0 Å². The molecule has 2 amide bonds. The molecule has 0 bridgehead atoms. The van der Waals surface area contributed by atoms with E-state index in [1.54, 1.807) is 36.4 Å². The lowest BCUT2D eigenvalue weighted by Gasteiger charge is -2.33. The Morgan fingerprint density at radius 1 is 0.846 bits per heavy atom. The zero-order valence-corrected chi connectivity index (χ0v) is 24.2. The molecule has 0 radical (unpaired) electrons. The molecule has 2 atom stereocenters. The fourth-order valence-electron chi connectivity index (χ4n) is 4.28. The summed E-state index contributed by atoms with van der Waals surface area (Å²) in [6.07, 6.45) is 1.14. The van der Waals surface area contributed by atoms with Crippen LogP contribution in [0.4, 0.5) is 5.69 Å². The molecule has 0 spiro atoms. The highest BCUT2D eigenvalue weighted by Crippen LogP contribution is 2.25. The van der Waals surface area contributed by atoms with Crippen molar-refractivity contribution >= 4 is 27.5 Å². The Balaban J connectivity index is 2.04. The maximum absolute atomic E-state index is 14.1. The number of carbonyl (C=O) groups is 2. The highest BCUT2D eigenvalue weighted by atomic mass is 32.2. The number of aryl methyl sites for hydroxylation is 2. The van der Waals surface area contributed by atoms with Gasteiger partial charge in [-0.05, 0) is 69.0 Å². The molecule has 8 heteroatoms. The molecule has 7 nitrogen and oxygen atoms in total. The van der Waals surface area contributed by atoms with Gasteiger partial charge >= 0.3 is 0 Å². The third-order valence-electron chi connectivity index (χ3n) is 6.76. The molecule has 39 heavy (non-hydrogen) atoms. The van der Waals surface area contributed by atoms with E-state index in [1.807, 2.05) is 65.0 Å². The summed E-state index contributed by atoms with van der Waals surface area (Å²) in [5, 5.41) is 2.99. The van der Waals surface area contributed by atoms with Crippen LogP contribution in [0.25, 0.3) is 0 Å². The Bertz CT molecular complexity index is 1360. The molecule has 0 aromatic heterocycles. The van der Waals surface area contributed by atoms with Crippen LogP contribution in [-0.2, 0) is 26.2 Å². The number of anilines is 1. The standard InChI is InChI=1S/C31H39N3O4S/c1-6-25(5)32-31(36)29(7-2)33(21-26-18-16-23(3)17-19-26)30(35)22-34(27-13-11-12-24(4)20-27)39(37,38)28-14-9-8-10-15-28/h8-20,25,29H,6-7,21-22H2,1-5H3,(H,32,36)/t25-,29+/m0/s1. The first-order valence-corrected chi connectivity index (χ1v) is 14.8. The monoisotopic (exact) mass is 549 g/mol. The van der Waals surface area contributed by atoms with Crippen LogP contribution in [0.2, 0.25) is 0 Å². The Hall–Kier alpha value is -3.65. The molecular weight excluding hydrogens is 510 g/mol. The molecule has 3 aromatic rings. The van der Waals surface area contributed by atoms with Gasteiger partial charge in [-0.25, -0.2) is 8.42 Å². The van der Waals surface area contributed by atoms with Crippen LogP contribution in [0.5, 0.6) is 0 Å². The molecule has 0 aliphatic heterocycles. The van der Waals surface area contributed by atoms with Gasteiger partial charge in [-0.1, -0.05) is 74.0 Å². The van der Waals surface area contributed by atoms with E-state index in [9.17, 15) is 18.0 Å². The number of rotatable bonds is 12. The molecule has 0 aliphatic carbocycles. The van der Waals surface area contributed by atoms with Crippen LogP contribution in [0.1, 0.15) is 50.3 Å². The summed E-state index contributed by atoms with van der Waals surface area (Å²) in [7, 11) is -4.07. The maximum atomic E-state index is 14.1. The summed E-state index contributed by atoms with van der Waals surface area (Å²) in [5.74, 6) is -0.705. The molecule has 1 N–H and O–H groups in total. The lowest BCUT2D eigenvalue weighted by Crippen LogP contribution is -2.53. The molecule has 0 saturated carbocycles. The van der Waals surface area contributed by atoms with Gasteiger partial charge in [0.25, 0.3) is 10.0 Å². The lowest BCUT2D eigenvalue weighted by atomic mass is 10.1. The molecule has 3 aromatic carbocycles. The summed E-state index contributed by atoms with van der Waals surface area (Å²) < 4.78 is 28.8. The molecule has 3 rings (SSSR count). The Morgan fingerprint density at radius 3 is 2.10 bits per heavy atom. The number of amides is 2. The highest BCUT2D eigenvalue weighted by molar-refractivity contribution is 7.92. The average Bonchev–Trinajstić information content (AvgIpc) is 2.92. The van der Waals surface area contributed by atoms with E-state index in [2.05, 4.69) is 5.32 Å². The van der Waals surface area contributed by atoms with Crippen LogP contribution in [0, 0.1) is 13.8 Å². The fourth-order valence-corrected chi connectivity index (χ4v) is 5.71. The second-order valence-corrected chi connectivity index (χ2v) is 11.8. The Labute approximate surface area is 232 Å². The number of benzene rings is 3. The van der Waals surface area contributed by atoms with Crippen molar-refractivity contribution in [2.45, 2.75) is 71.0 Å². The van der Waals surface area contributed by atoms with Gasteiger partial charge in [0, 0.05) is 12.6 Å². The minimum Gasteiger partial charge on any atom is -0.352 e. The zero-order chi connectivity index (χ0) is 28.6. The highest BCUT2D eigenvalue weighted by Gasteiger charge is 2.34. The van der Waals surface area contributed by atoms with Gasteiger partial charge in [0.2, 0.25) is 11.8 Å². The van der Waals surface area contributed by atoms with Gasteiger partial charge in [-0.2, -0.15) is 0 Å². The fraction of sp³-hybridized carbons (Fsp3) is 0.355. The first kappa shape index (κ1) is 29.9. The first-order valence-electron chi connectivity index (χ1n) is 13.4. The number of sulfonamides is 1. The predicted molar refractivity (Wildman–Crippen MR) is 156 cm³/mol. The largest absolute Gasteiger partial charge is 0.352 e. The summed E-state index contributed by atoms with van der Waals surface area (Å²) >= 11 is 0. The van der Waals surface area contributed by atoms with Gasteiger partial charge in [0.15, 0.2) is 0 Å². The topological polar surface area (TPSA) is 86.8 Å². The summed E-state index contributed by atoms with van der Waals surface area (Å²) in [5.41, 5.74) is 3.19. The van der Waals surface area contributed by atoms with Crippen LogP contribution in [0.15, 0.2) is 83.8 Å². The summed E-state index contributed by atoms with van der Waals surface area (Å²) in [4.78, 5) is 29.0. The normalized spacial score (nSPS) is 12.8. The molecule has 0 fully saturated rings. The minimum atomic E-state index is -4.07. The Kier molecular flexibility index (Phi) is 10.3. The van der Waals surface area contributed by atoms with E-state index in [-0.39, 0.29) is 23.4 Å². The lowest BCUT2D eigenvalue weighted by molar-refractivity contribution is -0.140. The van der Waals surface area contributed by atoms with E-state index >= 15 is 0 Å². The maximum Gasteiger partial charge on any atom is 0.264 e. The number of hydrogen-bond acceptors (Lipinski definition) is 4. The van der Waals surface area contributed by atoms with Crippen molar-refractivity contribution in [3.05, 3.63) is 95.6 Å². The third-order valence-corrected chi connectivity index (χ3v) is 8.55. The van der Waals surface area contributed by atoms with Gasteiger partial charge in [0.1, 0.15) is 12.6 Å².